The van der Waals surface area contributed by atoms with Gasteiger partial charge in [0.25, 0.3) is 5.91 Å². The number of nitrogens with one attached hydrogen (secondary N) is 1. The zero-order chi connectivity index (χ0) is 16.7. The molecule has 0 aliphatic heterocycles. The molecular weight excluding hydrogens is 290 g/mol. The molecule has 4 heteroatoms. The van der Waals surface area contributed by atoms with E-state index in [1.807, 2.05) is 75.4 Å². The van der Waals surface area contributed by atoms with Crippen LogP contribution in [0.25, 0.3) is 0 Å². The van der Waals surface area contributed by atoms with E-state index >= 15 is 0 Å². The van der Waals surface area contributed by atoms with Gasteiger partial charge in [-0.2, -0.15) is 0 Å². The first-order valence-corrected chi connectivity index (χ1v) is 7.68. The summed E-state index contributed by atoms with van der Waals surface area (Å²) in [6.45, 7) is 6.37. The summed E-state index contributed by atoms with van der Waals surface area (Å²) in [5.74, 6) is 0.645. The van der Waals surface area contributed by atoms with Gasteiger partial charge in [0.15, 0.2) is 0 Å². The Kier molecular flexibility index (Phi) is 5.77. The highest BCUT2D eigenvalue weighted by molar-refractivity contribution is 5.86. The van der Waals surface area contributed by atoms with Crippen molar-refractivity contribution in [3.8, 4) is 5.75 Å². The van der Waals surface area contributed by atoms with Gasteiger partial charge in [-0.1, -0.05) is 48.5 Å². The number of hydrogen-bond acceptors (Lipinski definition) is 3. The SMILES string of the molecule is Cc1ccccc1OCCONC(=O)C(C)(C)c1ccccc1. The first-order chi connectivity index (χ1) is 11.0. The van der Waals surface area contributed by atoms with Crippen molar-refractivity contribution in [3.05, 3.63) is 65.7 Å². The molecule has 0 aliphatic carbocycles. The summed E-state index contributed by atoms with van der Waals surface area (Å²) < 4.78 is 5.61. The largest absolute Gasteiger partial charge is 0.491 e. The molecule has 0 unspecified atom stereocenters. The topological polar surface area (TPSA) is 47.6 Å². The Morgan fingerprint density at radius 1 is 1.00 bits per heavy atom. The summed E-state index contributed by atoms with van der Waals surface area (Å²) in [4.78, 5) is 17.5. The monoisotopic (exact) mass is 313 g/mol. The third-order valence-electron chi connectivity index (χ3n) is 3.76. The van der Waals surface area contributed by atoms with Gasteiger partial charge in [0, 0.05) is 0 Å². The molecule has 0 heterocycles. The molecule has 0 radical (unpaired) electrons. The maximum Gasteiger partial charge on any atom is 0.253 e. The van der Waals surface area contributed by atoms with E-state index in [2.05, 4.69) is 5.48 Å². The number of hydroxylamine groups is 1. The number of carbonyl (C=O) groups is 1. The van der Waals surface area contributed by atoms with Crippen molar-refractivity contribution in [1.82, 2.24) is 5.48 Å². The van der Waals surface area contributed by atoms with Crippen LogP contribution in [0.2, 0.25) is 0 Å². The van der Waals surface area contributed by atoms with Gasteiger partial charge in [-0.15, -0.1) is 0 Å². The Morgan fingerprint density at radius 2 is 1.65 bits per heavy atom. The Balaban J connectivity index is 1.76. The summed E-state index contributed by atoms with van der Waals surface area (Å²) in [5, 5.41) is 0. The number of aryl methyl sites for hydroxylation is 1. The van der Waals surface area contributed by atoms with Crippen molar-refractivity contribution in [1.29, 1.82) is 0 Å². The second-order valence-electron chi connectivity index (χ2n) is 5.88. The Morgan fingerprint density at radius 3 is 2.35 bits per heavy atom. The molecule has 2 aromatic rings. The van der Waals surface area contributed by atoms with Crippen molar-refractivity contribution in [2.45, 2.75) is 26.2 Å². The molecule has 0 atom stereocenters. The van der Waals surface area contributed by atoms with Crippen LogP contribution in [0.4, 0.5) is 0 Å². The molecule has 4 nitrogen and oxygen atoms in total. The zero-order valence-corrected chi connectivity index (χ0v) is 13.8. The van der Waals surface area contributed by atoms with E-state index < -0.39 is 5.41 Å². The molecule has 0 saturated carbocycles. The lowest BCUT2D eigenvalue weighted by atomic mass is 9.84. The molecule has 0 fully saturated rings. The fraction of sp³-hybridized carbons (Fsp3) is 0.316. The van der Waals surface area contributed by atoms with Crippen molar-refractivity contribution in [2.24, 2.45) is 0 Å². The predicted molar refractivity (Wildman–Crippen MR) is 90.2 cm³/mol. The molecule has 0 aromatic heterocycles. The van der Waals surface area contributed by atoms with Gasteiger partial charge in [0.1, 0.15) is 19.0 Å². The van der Waals surface area contributed by atoms with Crippen LogP contribution in [0.3, 0.4) is 0 Å². The van der Waals surface area contributed by atoms with Gasteiger partial charge in [0.05, 0.1) is 5.41 Å². The van der Waals surface area contributed by atoms with Crippen LogP contribution >= 0.6 is 0 Å². The zero-order valence-electron chi connectivity index (χ0n) is 13.8. The highest BCUT2D eigenvalue weighted by Crippen LogP contribution is 2.22. The van der Waals surface area contributed by atoms with Gasteiger partial charge in [-0.3, -0.25) is 9.63 Å². The molecule has 0 aliphatic rings. The summed E-state index contributed by atoms with van der Waals surface area (Å²) in [6, 6.07) is 17.4. The van der Waals surface area contributed by atoms with E-state index in [9.17, 15) is 4.79 Å². The minimum absolute atomic E-state index is 0.181. The molecular formula is C19H23NO3. The predicted octanol–water partition coefficient (Wildman–Crippen LogP) is 3.40. The minimum Gasteiger partial charge on any atom is -0.491 e. The highest BCUT2D eigenvalue weighted by atomic mass is 16.7. The van der Waals surface area contributed by atoms with Crippen molar-refractivity contribution in [3.63, 3.8) is 0 Å². The molecule has 2 rings (SSSR count). The van der Waals surface area contributed by atoms with Gasteiger partial charge < -0.3 is 4.74 Å². The second kappa shape index (κ2) is 7.79. The third kappa shape index (κ3) is 4.57. The van der Waals surface area contributed by atoms with E-state index in [1.54, 1.807) is 0 Å². The first-order valence-electron chi connectivity index (χ1n) is 7.68. The molecule has 0 saturated heterocycles. The summed E-state index contributed by atoms with van der Waals surface area (Å²) in [6.07, 6.45) is 0. The smallest absolute Gasteiger partial charge is 0.253 e. The molecule has 0 spiro atoms. The summed E-state index contributed by atoms with van der Waals surface area (Å²) in [5.41, 5.74) is 3.86. The quantitative estimate of drug-likeness (QED) is 0.629. The van der Waals surface area contributed by atoms with E-state index in [0.29, 0.717) is 6.61 Å². The molecule has 0 bridgehead atoms. The number of hydrogen-bond donors (Lipinski definition) is 1. The van der Waals surface area contributed by atoms with E-state index in [-0.39, 0.29) is 12.5 Å². The van der Waals surface area contributed by atoms with Crippen LogP contribution in [0.15, 0.2) is 54.6 Å². The maximum atomic E-state index is 12.3. The molecule has 2 aromatic carbocycles. The molecule has 122 valence electrons. The van der Waals surface area contributed by atoms with Crippen LogP contribution in [0.1, 0.15) is 25.0 Å². The molecule has 23 heavy (non-hydrogen) atoms. The lowest BCUT2D eigenvalue weighted by Crippen LogP contribution is -2.40. The van der Waals surface area contributed by atoms with Crippen LogP contribution in [0.5, 0.6) is 5.75 Å². The summed E-state index contributed by atoms with van der Waals surface area (Å²) >= 11 is 0. The van der Waals surface area contributed by atoms with Gasteiger partial charge >= 0.3 is 0 Å². The Bertz CT molecular complexity index is 638. The van der Waals surface area contributed by atoms with Crippen LogP contribution in [-0.4, -0.2) is 19.1 Å². The van der Waals surface area contributed by atoms with Crippen LogP contribution in [0, 0.1) is 6.92 Å². The number of benzene rings is 2. The number of para-hydroxylation sites is 1. The number of ether oxygens (including phenoxy) is 1. The lowest BCUT2D eigenvalue weighted by Gasteiger charge is -2.23. The van der Waals surface area contributed by atoms with Gasteiger partial charge in [-0.05, 0) is 38.0 Å². The van der Waals surface area contributed by atoms with E-state index in [0.717, 1.165) is 16.9 Å². The van der Waals surface area contributed by atoms with E-state index in [4.69, 9.17) is 9.57 Å². The highest BCUT2D eigenvalue weighted by Gasteiger charge is 2.29. The fourth-order valence-corrected chi connectivity index (χ4v) is 2.14. The standard InChI is InChI=1S/C19H23NO3/c1-15-9-7-8-12-17(15)22-13-14-23-20-18(21)19(2,3)16-10-5-4-6-11-16/h4-12H,13-14H2,1-3H3,(H,20,21). The van der Waals surface area contributed by atoms with Crippen molar-refractivity contribution < 1.29 is 14.4 Å². The number of rotatable bonds is 7. The Labute approximate surface area is 137 Å². The maximum absolute atomic E-state index is 12.3. The van der Waals surface area contributed by atoms with Crippen LogP contribution < -0.4 is 10.2 Å². The van der Waals surface area contributed by atoms with Gasteiger partial charge in [-0.25, -0.2) is 5.48 Å². The summed E-state index contributed by atoms with van der Waals surface area (Å²) in [7, 11) is 0. The molecule has 1 amide bonds. The third-order valence-corrected chi connectivity index (χ3v) is 3.76. The second-order valence-corrected chi connectivity index (χ2v) is 5.88. The van der Waals surface area contributed by atoms with Crippen molar-refractivity contribution in [2.75, 3.05) is 13.2 Å². The minimum atomic E-state index is -0.655. The van der Waals surface area contributed by atoms with Crippen LogP contribution in [-0.2, 0) is 15.0 Å². The fourth-order valence-electron chi connectivity index (χ4n) is 2.14. The Hall–Kier alpha value is -2.33. The van der Waals surface area contributed by atoms with Gasteiger partial charge in [0.2, 0.25) is 0 Å². The number of amides is 1. The average Bonchev–Trinajstić information content (AvgIpc) is 2.56. The normalized spacial score (nSPS) is 11.1. The first kappa shape index (κ1) is 17.0. The number of carbonyl (C=O) groups excluding carboxylic acids is 1. The molecule has 1 N–H and O–H groups in total. The van der Waals surface area contributed by atoms with Crippen molar-refractivity contribution >= 4 is 5.91 Å². The average molecular weight is 313 g/mol. The lowest BCUT2D eigenvalue weighted by molar-refractivity contribution is -0.139. The van der Waals surface area contributed by atoms with E-state index in [1.165, 1.54) is 0 Å².